The second-order valence-electron chi connectivity index (χ2n) is 6.69. The van der Waals surface area contributed by atoms with Gasteiger partial charge in [-0.15, -0.1) is 0 Å². The Labute approximate surface area is 147 Å². The van der Waals surface area contributed by atoms with E-state index in [2.05, 4.69) is 0 Å². The number of rotatable bonds is 5. The average molecular weight is 344 g/mol. The van der Waals surface area contributed by atoms with Crippen LogP contribution in [-0.4, -0.2) is 60.4 Å². The molecule has 0 aromatic heterocycles. The highest BCUT2D eigenvalue weighted by molar-refractivity contribution is 5.92. The molecular weight excluding hydrogens is 320 g/mol. The summed E-state index contributed by atoms with van der Waals surface area (Å²) >= 11 is 0. The van der Waals surface area contributed by atoms with Gasteiger partial charge in [0.15, 0.2) is 0 Å². The number of carbonyl (C=O) groups excluding carboxylic acids is 3. The molecule has 134 valence electrons. The summed E-state index contributed by atoms with van der Waals surface area (Å²) in [6.45, 7) is 1.62. The highest BCUT2D eigenvalue weighted by atomic mass is 16.5. The summed E-state index contributed by atoms with van der Waals surface area (Å²) in [5, 5.41) is 0. The van der Waals surface area contributed by atoms with Crippen LogP contribution in [-0.2, 0) is 25.5 Å². The zero-order chi connectivity index (χ0) is 17.8. The molecule has 0 radical (unpaired) electrons. The number of esters is 1. The summed E-state index contributed by atoms with van der Waals surface area (Å²) in [7, 11) is 1.34. The molecule has 1 aromatic rings. The molecule has 2 saturated heterocycles. The number of ether oxygens (including phenoxy) is 1. The molecule has 0 spiro atoms. The smallest absolute Gasteiger partial charge is 0.328 e. The maximum atomic E-state index is 12.8. The van der Waals surface area contributed by atoms with Crippen molar-refractivity contribution in [2.45, 2.75) is 31.7 Å². The normalized spacial score (nSPS) is 23.2. The molecule has 25 heavy (non-hydrogen) atoms. The fourth-order valence-electron chi connectivity index (χ4n) is 3.71. The molecule has 2 heterocycles. The second kappa shape index (κ2) is 7.68. The van der Waals surface area contributed by atoms with Crippen LogP contribution in [0.25, 0.3) is 0 Å². The average Bonchev–Trinajstić information content (AvgIpc) is 3.26. The van der Waals surface area contributed by atoms with Gasteiger partial charge in [0.2, 0.25) is 11.8 Å². The van der Waals surface area contributed by atoms with Crippen molar-refractivity contribution in [1.29, 1.82) is 0 Å². The molecule has 2 atom stereocenters. The van der Waals surface area contributed by atoms with Crippen molar-refractivity contribution in [2.75, 3.05) is 26.7 Å². The second-order valence-corrected chi connectivity index (χ2v) is 6.69. The van der Waals surface area contributed by atoms with Crippen LogP contribution in [0.1, 0.15) is 24.8 Å². The number of hydrogen-bond acceptors (Lipinski definition) is 4. The van der Waals surface area contributed by atoms with Crippen molar-refractivity contribution in [3.8, 4) is 0 Å². The Morgan fingerprint density at radius 3 is 2.72 bits per heavy atom. The van der Waals surface area contributed by atoms with Crippen LogP contribution in [0.2, 0.25) is 0 Å². The molecule has 0 bridgehead atoms. The van der Waals surface area contributed by atoms with Gasteiger partial charge in [-0.2, -0.15) is 0 Å². The maximum Gasteiger partial charge on any atom is 0.328 e. The quantitative estimate of drug-likeness (QED) is 0.754. The van der Waals surface area contributed by atoms with E-state index in [0.29, 0.717) is 26.1 Å². The van der Waals surface area contributed by atoms with Crippen molar-refractivity contribution in [2.24, 2.45) is 5.92 Å². The lowest BCUT2D eigenvalue weighted by Gasteiger charge is -2.25. The van der Waals surface area contributed by atoms with E-state index in [9.17, 15) is 14.4 Å². The summed E-state index contributed by atoms with van der Waals surface area (Å²) in [5.41, 5.74) is 1.18. The third-order valence-corrected chi connectivity index (χ3v) is 5.09. The predicted octanol–water partition coefficient (Wildman–Crippen LogP) is 1.24. The lowest BCUT2D eigenvalue weighted by molar-refractivity contribution is -0.152. The van der Waals surface area contributed by atoms with Gasteiger partial charge in [-0.3, -0.25) is 9.59 Å². The third-order valence-electron chi connectivity index (χ3n) is 5.09. The van der Waals surface area contributed by atoms with E-state index in [4.69, 9.17) is 4.74 Å². The van der Waals surface area contributed by atoms with Gasteiger partial charge in [0.25, 0.3) is 0 Å². The van der Waals surface area contributed by atoms with Gasteiger partial charge in [-0.1, -0.05) is 30.3 Å². The molecule has 0 unspecified atom stereocenters. The molecule has 2 amide bonds. The molecule has 2 aliphatic heterocycles. The van der Waals surface area contributed by atoms with Crippen molar-refractivity contribution >= 4 is 17.8 Å². The number of nitrogens with zero attached hydrogens (tertiary/aromatic N) is 2. The summed E-state index contributed by atoms with van der Waals surface area (Å²) in [6, 6.07) is 9.50. The zero-order valence-electron chi connectivity index (χ0n) is 14.5. The minimum atomic E-state index is -0.494. The summed E-state index contributed by atoms with van der Waals surface area (Å²) < 4.78 is 4.80. The first kappa shape index (κ1) is 17.5. The van der Waals surface area contributed by atoms with Gasteiger partial charge in [0.05, 0.1) is 13.0 Å². The molecule has 6 heteroatoms. The van der Waals surface area contributed by atoms with Crippen LogP contribution in [0.5, 0.6) is 0 Å². The lowest BCUT2D eigenvalue weighted by Crippen LogP contribution is -2.44. The largest absolute Gasteiger partial charge is 0.467 e. The van der Waals surface area contributed by atoms with E-state index in [1.165, 1.54) is 12.7 Å². The Balaban J connectivity index is 1.58. The number of amides is 2. The maximum absolute atomic E-state index is 12.8. The van der Waals surface area contributed by atoms with Crippen LogP contribution in [0, 0.1) is 5.92 Å². The number of methoxy groups -OCH3 is 1. The Hall–Kier alpha value is -2.37. The van der Waals surface area contributed by atoms with Crippen molar-refractivity contribution < 1.29 is 19.1 Å². The summed E-state index contributed by atoms with van der Waals surface area (Å²) in [5.74, 6) is -0.795. The standard InChI is InChI=1S/C19H24N2O4/c1-25-19(24)16-8-5-10-21(16)18(23)15-12-17(22)20(13-15)11-9-14-6-3-2-4-7-14/h2-4,6-7,15-16H,5,8-13H2,1H3/t15-,16+/m0/s1. The molecule has 2 aliphatic rings. The van der Waals surface area contributed by atoms with Gasteiger partial charge in [-0.05, 0) is 24.8 Å². The Morgan fingerprint density at radius 1 is 1.24 bits per heavy atom. The molecular formula is C19H24N2O4. The van der Waals surface area contributed by atoms with E-state index in [-0.39, 0.29) is 30.1 Å². The fourth-order valence-corrected chi connectivity index (χ4v) is 3.71. The van der Waals surface area contributed by atoms with E-state index < -0.39 is 6.04 Å². The monoisotopic (exact) mass is 344 g/mol. The van der Waals surface area contributed by atoms with Gasteiger partial charge < -0.3 is 14.5 Å². The summed E-state index contributed by atoms with van der Waals surface area (Å²) in [4.78, 5) is 40.2. The van der Waals surface area contributed by atoms with Crippen LogP contribution >= 0.6 is 0 Å². The molecule has 3 rings (SSSR count). The first-order valence-electron chi connectivity index (χ1n) is 8.80. The highest BCUT2D eigenvalue weighted by Gasteiger charge is 2.41. The van der Waals surface area contributed by atoms with E-state index >= 15 is 0 Å². The van der Waals surface area contributed by atoms with Gasteiger partial charge in [0.1, 0.15) is 6.04 Å². The first-order valence-corrected chi connectivity index (χ1v) is 8.80. The van der Waals surface area contributed by atoms with E-state index in [0.717, 1.165) is 12.8 Å². The van der Waals surface area contributed by atoms with E-state index in [1.807, 2.05) is 30.3 Å². The van der Waals surface area contributed by atoms with Gasteiger partial charge >= 0.3 is 5.97 Å². The van der Waals surface area contributed by atoms with Crippen LogP contribution in [0.3, 0.4) is 0 Å². The minimum absolute atomic E-state index is 0.0168. The topological polar surface area (TPSA) is 66.9 Å². The zero-order valence-corrected chi connectivity index (χ0v) is 14.5. The number of carbonyl (C=O) groups is 3. The van der Waals surface area contributed by atoms with Crippen molar-refractivity contribution in [1.82, 2.24) is 9.80 Å². The SMILES string of the molecule is COC(=O)[C@H]1CCCN1C(=O)[C@H]1CC(=O)N(CCc2ccccc2)C1. The fraction of sp³-hybridized carbons (Fsp3) is 0.526. The van der Waals surface area contributed by atoms with Crippen LogP contribution in [0.4, 0.5) is 0 Å². The molecule has 0 N–H and O–H groups in total. The Bertz CT molecular complexity index is 646. The van der Waals surface area contributed by atoms with Crippen LogP contribution in [0.15, 0.2) is 30.3 Å². The number of likely N-dealkylation sites (tertiary alicyclic amines) is 2. The third kappa shape index (κ3) is 3.83. The lowest BCUT2D eigenvalue weighted by atomic mass is 10.1. The van der Waals surface area contributed by atoms with Crippen molar-refractivity contribution in [3.63, 3.8) is 0 Å². The van der Waals surface area contributed by atoms with Crippen LogP contribution < -0.4 is 0 Å². The Kier molecular flexibility index (Phi) is 5.36. The number of hydrogen-bond donors (Lipinski definition) is 0. The van der Waals surface area contributed by atoms with E-state index in [1.54, 1.807) is 9.80 Å². The number of benzene rings is 1. The van der Waals surface area contributed by atoms with Gasteiger partial charge in [-0.25, -0.2) is 4.79 Å². The molecule has 0 aliphatic carbocycles. The first-order chi connectivity index (χ1) is 12.1. The summed E-state index contributed by atoms with van der Waals surface area (Å²) in [6.07, 6.45) is 2.45. The Morgan fingerprint density at radius 2 is 2.00 bits per heavy atom. The minimum Gasteiger partial charge on any atom is -0.467 e. The molecule has 2 fully saturated rings. The molecule has 1 aromatic carbocycles. The van der Waals surface area contributed by atoms with Gasteiger partial charge in [0, 0.05) is 26.1 Å². The molecule has 6 nitrogen and oxygen atoms in total. The van der Waals surface area contributed by atoms with Crippen molar-refractivity contribution in [3.05, 3.63) is 35.9 Å². The highest BCUT2D eigenvalue weighted by Crippen LogP contribution is 2.26. The molecule has 0 saturated carbocycles. The predicted molar refractivity (Wildman–Crippen MR) is 91.6 cm³/mol.